The van der Waals surface area contributed by atoms with Crippen LogP contribution in [0.2, 0.25) is 0 Å². The molecule has 2 aliphatic rings. The number of aryl methyl sites for hydroxylation is 1. The van der Waals surface area contributed by atoms with Crippen LogP contribution in [0, 0.1) is 5.82 Å². The fraction of sp³-hybridized carbons (Fsp3) is 0.375. The minimum absolute atomic E-state index is 0.00963. The van der Waals surface area contributed by atoms with Gasteiger partial charge in [-0.25, -0.2) is 13.8 Å². The summed E-state index contributed by atoms with van der Waals surface area (Å²) in [6, 6.07) is 6.32. The Morgan fingerprint density at radius 2 is 2.09 bits per heavy atom. The molecule has 0 saturated heterocycles. The van der Waals surface area contributed by atoms with Gasteiger partial charge in [-0.05, 0) is 61.1 Å². The van der Waals surface area contributed by atoms with Crippen molar-refractivity contribution in [2.75, 3.05) is 12.3 Å². The van der Waals surface area contributed by atoms with Gasteiger partial charge in [0.1, 0.15) is 30.4 Å². The van der Waals surface area contributed by atoms with Crippen LogP contribution in [-0.2, 0) is 22.7 Å². The van der Waals surface area contributed by atoms with E-state index < -0.39 is 24.6 Å². The molecule has 0 spiro atoms. The number of fused-ring (bicyclic) bond motifs is 1. The Morgan fingerprint density at radius 3 is 2.88 bits per heavy atom. The Morgan fingerprint density at radius 1 is 1.27 bits per heavy atom. The summed E-state index contributed by atoms with van der Waals surface area (Å²) in [5.74, 6) is -0.766. The molecule has 33 heavy (non-hydrogen) atoms. The van der Waals surface area contributed by atoms with Crippen LogP contribution in [0.4, 0.5) is 14.6 Å². The molecule has 1 unspecified atom stereocenters. The summed E-state index contributed by atoms with van der Waals surface area (Å²) in [4.78, 5) is 29.8. The average Bonchev–Trinajstić information content (AvgIpc) is 3.20. The second-order valence-electron chi connectivity index (χ2n) is 8.42. The van der Waals surface area contributed by atoms with E-state index in [4.69, 9.17) is 5.73 Å². The number of anilines is 1. The first-order chi connectivity index (χ1) is 15.9. The fourth-order valence-electron chi connectivity index (χ4n) is 4.29. The van der Waals surface area contributed by atoms with E-state index in [0.717, 1.165) is 29.7 Å². The number of rotatable bonds is 6. The molecular formula is C24H27F2N5O2. The summed E-state index contributed by atoms with van der Waals surface area (Å²) in [5.41, 5.74) is 9.07. The first-order valence-electron chi connectivity index (χ1n) is 11.0. The smallest absolute Gasteiger partial charge is 0.242 e. The first kappa shape index (κ1) is 22.8. The van der Waals surface area contributed by atoms with Crippen molar-refractivity contribution in [3.63, 3.8) is 0 Å². The Labute approximate surface area is 190 Å². The van der Waals surface area contributed by atoms with Gasteiger partial charge in [0.05, 0.1) is 6.04 Å². The highest BCUT2D eigenvalue weighted by Crippen LogP contribution is 2.30. The highest BCUT2D eigenvalue weighted by molar-refractivity contribution is 5.92. The van der Waals surface area contributed by atoms with Gasteiger partial charge in [0, 0.05) is 17.8 Å². The lowest BCUT2D eigenvalue weighted by Gasteiger charge is -2.25. The summed E-state index contributed by atoms with van der Waals surface area (Å²) < 4.78 is 26.6. The third-order valence-electron chi connectivity index (χ3n) is 6.11. The number of halogens is 2. The Hall–Kier alpha value is -3.33. The van der Waals surface area contributed by atoms with Gasteiger partial charge in [0.15, 0.2) is 0 Å². The van der Waals surface area contributed by atoms with E-state index >= 15 is 0 Å². The molecule has 5 N–H and O–H groups in total. The maximum absolute atomic E-state index is 13.6. The zero-order valence-electron chi connectivity index (χ0n) is 18.3. The standard InChI is InChI=1S/C24H27F2N5O2/c1-13(23(32)31-20-6-5-19-17(20)3-7-22(27)30-19)29-24(33)21-11-15(8-9-28-21)14-2-4-18(26)16(10-14)12-25/h2-4,7,10-11,13,20-21,28H,5-6,8-9,12H2,1H3,(H2,27,30)(H,29,33)(H,31,32)/t13?,20-,21+/m1/s1. The monoisotopic (exact) mass is 455 g/mol. The molecule has 174 valence electrons. The van der Waals surface area contributed by atoms with Crippen molar-refractivity contribution in [2.24, 2.45) is 0 Å². The number of alkyl halides is 1. The number of carbonyl (C=O) groups is 2. The van der Waals surface area contributed by atoms with Gasteiger partial charge in [-0.15, -0.1) is 0 Å². The van der Waals surface area contributed by atoms with Crippen LogP contribution in [0.3, 0.4) is 0 Å². The van der Waals surface area contributed by atoms with Gasteiger partial charge in [-0.1, -0.05) is 18.2 Å². The molecule has 2 aromatic rings. The third kappa shape index (κ3) is 5.03. The number of benzene rings is 1. The molecule has 4 rings (SSSR count). The third-order valence-corrected chi connectivity index (χ3v) is 6.11. The molecule has 0 radical (unpaired) electrons. The van der Waals surface area contributed by atoms with E-state index in [2.05, 4.69) is 20.9 Å². The molecule has 1 aromatic carbocycles. The second kappa shape index (κ2) is 9.66. The van der Waals surface area contributed by atoms with Crippen LogP contribution in [0.5, 0.6) is 0 Å². The minimum atomic E-state index is -0.892. The van der Waals surface area contributed by atoms with Crippen LogP contribution >= 0.6 is 0 Å². The maximum Gasteiger partial charge on any atom is 0.242 e. The Bertz CT molecular complexity index is 1100. The largest absolute Gasteiger partial charge is 0.384 e. The number of nitrogen functional groups attached to an aromatic ring is 1. The van der Waals surface area contributed by atoms with Crippen molar-refractivity contribution >= 4 is 23.2 Å². The Balaban J connectivity index is 1.38. The molecule has 7 nitrogen and oxygen atoms in total. The van der Waals surface area contributed by atoms with Crippen LogP contribution < -0.4 is 21.7 Å². The van der Waals surface area contributed by atoms with E-state index in [1.54, 1.807) is 25.1 Å². The minimum Gasteiger partial charge on any atom is -0.384 e. The predicted octanol–water partition coefficient (Wildman–Crippen LogP) is 2.33. The van der Waals surface area contributed by atoms with Gasteiger partial charge >= 0.3 is 0 Å². The van der Waals surface area contributed by atoms with E-state index in [0.29, 0.717) is 24.3 Å². The molecule has 0 fully saturated rings. The zero-order chi connectivity index (χ0) is 23.5. The quantitative estimate of drug-likeness (QED) is 0.535. The van der Waals surface area contributed by atoms with Gasteiger partial charge in [0.25, 0.3) is 0 Å². The van der Waals surface area contributed by atoms with Crippen LogP contribution in [0.1, 0.15) is 48.2 Å². The second-order valence-corrected chi connectivity index (χ2v) is 8.42. The van der Waals surface area contributed by atoms with Crippen molar-refractivity contribution in [3.05, 3.63) is 64.6 Å². The molecule has 2 heterocycles. The number of nitrogens with one attached hydrogen (secondary N) is 3. The van der Waals surface area contributed by atoms with Gasteiger partial charge in [-0.3, -0.25) is 9.59 Å². The number of nitrogens with two attached hydrogens (primary N) is 1. The predicted molar refractivity (Wildman–Crippen MR) is 121 cm³/mol. The summed E-state index contributed by atoms with van der Waals surface area (Å²) in [6.45, 7) is 1.27. The number of carbonyl (C=O) groups excluding carboxylic acids is 2. The fourth-order valence-corrected chi connectivity index (χ4v) is 4.29. The van der Waals surface area contributed by atoms with Crippen molar-refractivity contribution in [2.45, 2.75) is 51.0 Å². The number of amides is 2. The molecule has 2 amide bonds. The van der Waals surface area contributed by atoms with Crippen LogP contribution in [0.15, 0.2) is 36.4 Å². The van der Waals surface area contributed by atoms with E-state index in [9.17, 15) is 18.4 Å². The highest BCUT2D eigenvalue weighted by atomic mass is 19.1. The maximum atomic E-state index is 13.6. The number of hydrogen-bond acceptors (Lipinski definition) is 5. The molecular weight excluding hydrogens is 428 g/mol. The number of pyridine rings is 1. The number of hydrogen-bond donors (Lipinski definition) is 4. The summed E-state index contributed by atoms with van der Waals surface area (Å²) in [5, 5.41) is 8.83. The first-order valence-corrected chi connectivity index (χ1v) is 11.0. The molecule has 0 bridgehead atoms. The van der Waals surface area contributed by atoms with Crippen LogP contribution in [0.25, 0.3) is 5.57 Å². The van der Waals surface area contributed by atoms with Crippen LogP contribution in [-0.4, -0.2) is 35.4 Å². The lowest BCUT2D eigenvalue weighted by molar-refractivity contribution is -0.129. The molecule has 3 atom stereocenters. The van der Waals surface area contributed by atoms with Crippen molar-refractivity contribution in [1.29, 1.82) is 0 Å². The topological polar surface area (TPSA) is 109 Å². The van der Waals surface area contributed by atoms with Gasteiger partial charge in [-0.2, -0.15) is 0 Å². The number of nitrogens with zero attached hydrogens (tertiary/aromatic N) is 1. The molecule has 1 aromatic heterocycles. The summed E-state index contributed by atoms with van der Waals surface area (Å²) in [7, 11) is 0. The van der Waals surface area contributed by atoms with Gasteiger partial charge in [0.2, 0.25) is 11.8 Å². The van der Waals surface area contributed by atoms with Gasteiger partial charge < -0.3 is 21.7 Å². The lowest BCUT2D eigenvalue weighted by Crippen LogP contribution is -2.52. The van der Waals surface area contributed by atoms with Crippen molar-refractivity contribution in [3.8, 4) is 0 Å². The Kier molecular flexibility index (Phi) is 6.69. The summed E-state index contributed by atoms with van der Waals surface area (Å²) in [6.07, 6.45) is 3.82. The lowest BCUT2D eigenvalue weighted by atomic mass is 9.95. The molecule has 0 saturated carbocycles. The summed E-state index contributed by atoms with van der Waals surface area (Å²) >= 11 is 0. The molecule has 1 aliphatic carbocycles. The SMILES string of the molecule is CC(NC(=O)[C@@H]1C=C(c2ccc(F)c(CF)c2)CCN1)C(=O)N[C@@H]1CCc2nc(N)ccc21. The normalized spacial score (nSPS) is 20.5. The average molecular weight is 456 g/mol. The van der Waals surface area contributed by atoms with E-state index in [1.807, 2.05) is 6.07 Å². The van der Waals surface area contributed by atoms with E-state index in [1.165, 1.54) is 12.1 Å². The van der Waals surface area contributed by atoms with Crippen molar-refractivity contribution < 1.29 is 18.4 Å². The van der Waals surface area contributed by atoms with E-state index in [-0.39, 0.29) is 23.4 Å². The number of aromatic nitrogens is 1. The molecule has 1 aliphatic heterocycles. The van der Waals surface area contributed by atoms with Crippen molar-refractivity contribution in [1.82, 2.24) is 20.9 Å². The zero-order valence-corrected chi connectivity index (χ0v) is 18.3. The molecule has 9 heteroatoms. The highest BCUT2D eigenvalue weighted by Gasteiger charge is 2.29.